The van der Waals surface area contributed by atoms with E-state index in [0.29, 0.717) is 11.4 Å². The quantitative estimate of drug-likeness (QED) is 0.430. The van der Waals surface area contributed by atoms with E-state index >= 15 is 0 Å². The van der Waals surface area contributed by atoms with Gasteiger partial charge in [-0.15, -0.1) is 0 Å². The molecule has 0 spiro atoms. The van der Waals surface area contributed by atoms with Crippen LogP contribution in [0.3, 0.4) is 0 Å². The van der Waals surface area contributed by atoms with E-state index in [-0.39, 0.29) is 22.4 Å². The van der Waals surface area contributed by atoms with Gasteiger partial charge in [-0.05, 0) is 0 Å². The zero-order chi connectivity index (χ0) is 8.10. The summed E-state index contributed by atoms with van der Waals surface area (Å²) in [5.41, 5.74) is 0.880. The number of nitrogens with zero attached hydrogens (tertiary/aromatic N) is 3. The van der Waals surface area contributed by atoms with Gasteiger partial charge in [0.25, 0.3) is 0 Å². The molecular weight excluding hydrogens is 355 g/mol. The largest absolute Gasteiger partial charge is 1.00 e. The fraction of sp³-hybridized carbons (Fsp3) is 0. The minimum absolute atomic E-state index is 0. The average Bonchev–Trinajstić information content (AvgIpc) is 2.09. The van der Waals surface area contributed by atoms with Crippen molar-refractivity contribution in [2.24, 2.45) is 0 Å². The number of aromatic nitrogens is 2. The molecule has 0 aromatic carbocycles. The maximum atomic E-state index is 6.72. The Labute approximate surface area is 91.7 Å². The third kappa shape index (κ3) is 2.72. The Morgan fingerprint density at radius 3 is 2.75 bits per heavy atom. The molecule has 0 bridgehead atoms. The molecule has 5 heteroatoms. The topological polar surface area (TPSA) is 30.1 Å². The molecule has 0 fully saturated rings. The molecule has 1 aromatic heterocycles. The second kappa shape index (κ2) is 5.86. The van der Waals surface area contributed by atoms with Crippen LogP contribution in [0.2, 0.25) is 0 Å². The minimum atomic E-state index is 0. The van der Waals surface area contributed by atoms with E-state index in [1.54, 1.807) is 6.20 Å². The summed E-state index contributed by atoms with van der Waals surface area (Å²) in [7, 11) is 0. The Balaban J connectivity index is 0.00000121. The van der Waals surface area contributed by atoms with Gasteiger partial charge in [-0.2, -0.15) is 0 Å². The van der Waals surface area contributed by atoms with Crippen molar-refractivity contribution < 1.29 is 22.4 Å². The summed E-state index contributed by atoms with van der Waals surface area (Å²) in [6.07, 6.45) is 4.59. The predicted octanol–water partition coefficient (Wildman–Crippen LogP) is 1.24. The van der Waals surface area contributed by atoms with E-state index in [9.17, 15) is 0 Å². The van der Waals surface area contributed by atoms with Crippen LogP contribution in [0.25, 0.3) is 10.5 Å². The summed E-state index contributed by atoms with van der Waals surface area (Å²) < 4.78 is 0. The number of rotatable bonds is 1. The molecule has 0 atom stereocenters. The van der Waals surface area contributed by atoms with Crippen molar-refractivity contribution in [2.75, 3.05) is 0 Å². The molecule has 3 nitrogen and oxygen atoms in total. The van der Waals surface area contributed by atoms with Crippen molar-refractivity contribution in [1.82, 2.24) is 9.97 Å². The summed E-state index contributed by atoms with van der Waals surface area (Å²) in [6, 6.07) is 0. The van der Waals surface area contributed by atoms with Crippen LogP contribution in [0.15, 0.2) is 24.0 Å². The fourth-order valence-electron chi connectivity index (χ4n) is 0.575. The van der Waals surface area contributed by atoms with Crippen LogP contribution in [-0.2, 0) is 35.0 Å². The number of hydrogen-bond acceptors (Lipinski definition) is 3. The molecule has 12 heavy (non-hydrogen) atoms. The molecule has 0 saturated carbocycles. The SMILES string of the molecule is [Au+].[C-]#[N+]/C(=C\[S-])c1cnccn1. The van der Waals surface area contributed by atoms with Gasteiger partial charge in [0.15, 0.2) is 5.70 Å². The normalized spacial score (nSPS) is 9.75. The standard InChI is InChI=1S/C7H5N3S.Au/c1-8-7(5-11)6-4-9-2-3-10-6;/h2-5,11H;/q;+1/p-1/b7-5-;. The molecule has 0 radical (unpaired) electrons. The fourth-order valence-corrected chi connectivity index (χ4v) is 0.749. The molecule has 0 N–H and O–H groups in total. The first-order valence-corrected chi connectivity index (χ1v) is 3.31. The first-order valence-electron chi connectivity index (χ1n) is 2.84. The monoisotopic (exact) mass is 359 g/mol. The van der Waals surface area contributed by atoms with Gasteiger partial charge in [-0.25, -0.2) is 10.3 Å². The molecular formula is C7H4AuN3S. The van der Waals surface area contributed by atoms with E-state index in [0.717, 1.165) is 0 Å². The molecule has 0 aliphatic rings. The van der Waals surface area contributed by atoms with Crippen molar-refractivity contribution in [2.45, 2.75) is 0 Å². The Kier molecular flexibility index (Phi) is 5.51. The second-order valence-corrected chi connectivity index (χ2v) is 1.94. The molecule has 1 heterocycles. The first kappa shape index (κ1) is 11.3. The van der Waals surface area contributed by atoms with Gasteiger partial charge in [-0.1, -0.05) is 0 Å². The molecule has 0 aliphatic heterocycles. The van der Waals surface area contributed by atoms with Crippen LogP contribution in [0.1, 0.15) is 5.69 Å². The van der Waals surface area contributed by atoms with Crippen molar-refractivity contribution in [1.29, 1.82) is 0 Å². The zero-order valence-electron chi connectivity index (χ0n) is 5.86. The molecule has 0 aliphatic carbocycles. The van der Waals surface area contributed by atoms with Crippen molar-refractivity contribution >= 4 is 18.3 Å². The van der Waals surface area contributed by atoms with Gasteiger partial charge in [0.1, 0.15) is 0 Å². The van der Waals surface area contributed by atoms with Gasteiger partial charge >= 0.3 is 22.4 Å². The van der Waals surface area contributed by atoms with Crippen molar-refractivity contribution in [3.8, 4) is 0 Å². The van der Waals surface area contributed by atoms with Gasteiger partial charge in [0.05, 0.1) is 12.3 Å². The van der Waals surface area contributed by atoms with E-state index in [1.165, 1.54) is 17.8 Å². The summed E-state index contributed by atoms with van der Waals surface area (Å²) in [5, 5.41) is 1.30. The minimum Gasteiger partial charge on any atom is -0.799 e. The Hall–Kier alpha value is -0.730. The summed E-state index contributed by atoms with van der Waals surface area (Å²) in [6.45, 7) is 6.72. The van der Waals surface area contributed by atoms with Gasteiger partial charge in [0, 0.05) is 18.6 Å². The van der Waals surface area contributed by atoms with E-state index in [1.807, 2.05) is 0 Å². The van der Waals surface area contributed by atoms with E-state index < -0.39 is 0 Å². The summed E-state index contributed by atoms with van der Waals surface area (Å²) in [5.74, 6) is 0. The predicted molar refractivity (Wildman–Crippen MR) is 44.0 cm³/mol. The van der Waals surface area contributed by atoms with Crippen LogP contribution >= 0.6 is 0 Å². The Morgan fingerprint density at radius 1 is 1.58 bits per heavy atom. The molecule has 1 aromatic rings. The average molecular weight is 359 g/mol. The van der Waals surface area contributed by atoms with Gasteiger partial charge in [0.2, 0.25) is 0 Å². The third-order valence-electron chi connectivity index (χ3n) is 1.06. The first-order chi connectivity index (χ1) is 5.38. The van der Waals surface area contributed by atoms with Gasteiger partial charge < -0.3 is 12.6 Å². The van der Waals surface area contributed by atoms with Gasteiger partial charge in [-0.3, -0.25) is 9.97 Å². The Morgan fingerprint density at radius 2 is 2.33 bits per heavy atom. The smallest absolute Gasteiger partial charge is 0.799 e. The number of hydrogen-bond donors (Lipinski definition) is 0. The van der Waals surface area contributed by atoms with E-state index in [2.05, 4.69) is 27.4 Å². The third-order valence-corrected chi connectivity index (χ3v) is 1.28. The molecule has 0 unspecified atom stereocenters. The molecule has 64 valence electrons. The molecule has 0 amide bonds. The summed E-state index contributed by atoms with van der Waals surface area (Å²) >= 11 is 4.61. The van der Waals surface area contributed by atoms with Crippen LogP contribution in [0.5, 0.6) is 0 Å². The Bertz CT molecular complexity index is 304. The van der Waals surface area contributed by atoms with Crippen LogP contribution in [-0.4, -0.2) is 9.97 Å². The van der Waals surface area contributed by atoms with E-state index in [4.69, 9.17) is 6.57 Å². The van der Waals surface area contributed by atoms with Crippen molar-refractivity contribution in [3.63, 3.8) is 0 Å². The second-order valence-electron chi connectivity index (χ2n) is 1.71. The molecule has 0 saturated heterocycles. The van der Waals surface area contributed by atoms with Crippen molar-refractivity contribution in [3.05, 3.63) is 41.1 Å². The zero-order valence-corrected chi connectivity index (χ0v) is 8.84. The molecule has 1 rings (SSSR count). The maximum Gasteiger partial charge on any atom is 1.00 e. The summed E-state index contributed by atoms with van der Waals surface area (Å²) in [4.78, 5) is 10.9. The van der Waals surface area contributed by atoms with Crippen LogP contribution in [0.4, 0.5) is 0 Å². The van der Waals surface area contributed by atoms with Crippen LogP contribution in [0, 0.1) is 6.57 Å². The van der Waals surface area contributed by atoms with Crippen LogP contribution < -0.4 is 0 Å². The maximum absolute atomic E-state index is 6.72.